The monoisotopic (exact) mass is 281 g/mol. The molecule has 0 atom stereocenters. The fraction of sp³-hybridized carbons (Fsp3) is 0.111. The molecule has 0 bridgehead atoms. The van der Waals surface area contributed by atoms with Gasteiger partial charge in [0.05, 0.1) is 0 Å². The second kappa shape index (κ2) is 5.94. The number of hydrogen-bond acceptors (Lipinski definition) is 2. The van der Waals surface area contributed by atoms with Crippen molar-refractivity contribution in [2.45, 2.75) is 13.2 Å². The SMILES string of the molecule is NCc1c(OCc2cccc(F)c2)ccc2ccccc12. The van der Waals surface area contributed by atoms with Crippen molar-refractivity contribution < 1.29 is 9.13 Å². The van der Waals surface area contributed by atoms with Crippen LogP contribution in [0.1, 0.15) is 11.1 Å². The minimum Gasteiger partial charge on any atom is -0.489 e. The third-order valence-electron chi connectivity index (χ3n) is 3.49. The van der Waals surface area contributed by atoms with E-state index in [0.717, 1.165) is 27.6 Å². The molecule has 0 amide bonds. The summed E-state index contributed by atoms with van der Waals surface area (Å²) in [5.74, 6) is 0.495. The molecule has 0 aromatic heterocycles. The van der Waals surface area contributed by atoms with Crippen LogP contribution in [0.15, 0.2) is 60.7 Å². The van der Waals surface area contributed by atoms with E-state index in [2.05, 4.69) is 0 Å². The van der Waals surface area contributed by atoms with Crippen LogP contribution < -0.4 is 10.5 Å². The van der Waals surface area contributed by atoms with Gasteiger partial charge in [0.15, 0.2) is 0 Å². The Morgan fingerprint density at radius 1 is 0.952 bits per heavy atom. The first kappa shape index (κ1) is 13.6. The molecular weight excluding hydrogens is 265 g/mol. The standard InChI is InChI=1S/C18H16FNO/c19-15-6-3-4-13(10-15)12-21-18-9-8-14-5-1-2-7-16(14)17(18)11-20/h1-10H,11-12,20H2. The van der Waals surface area contributed by atoms with Crippen molar-refractivity contribution in [1.29, 1.82) is 0 Å². The summed E-state index contributed by atoms with van der Waals surface area (Å²) >= 11 is 0. The van der Waals surface area contributed by atoms with E-state index >= 15 is 0 Å². The molecule has 3 rings (SSSR count). The van der Waals surface area contributed by atoms with Gasteiger partial charge in [-0.3, -0.25) is 0 Å². The lowest BCUT2D eigenvalue weighted by Gasteiger charge is -2.13. The molecule has 2 nitrogen and oxygen atoms in total. The Balaban J connectivity index is 1.90. The lowest BCUT2D eigenvalue weighted by Crippen LogP contribution is -2.03. The highest BCUT2D eigenvalue weighted by atomic mass is 19.1. The zero-order valence-electron chi connectivity index (χ0n) is 11.6. The fourth-order valence-electron chi connectivity index (χ4n) is 2.45. The number of hydrogen-bond donors (Lipinski definition) is 1. The minimum atomic E-state index is -0.256. The highest BCUT2D eigenvalue weighted by Crippen LogP contribution is 2.28. The van der Waals surface area contributed by atoms with Gasteiger partial charge in [-0.05, 0) is 34.5 Å². The van der Waals surface area contributed by atoms with E-state index < -0.39 is 0 Å². The molecule has 21 heavy (non-hydrogen) atoms. The lowest BCUT2D eigenvalue weighted by molar-refractivity contribution is 0.303. The molecule has 0 spiro atoms. The van der Waals surface area contributed by atoms with Crippen LogP contribution in [0, 0.1) is 5.82 Å². The number of ether oxygens (including phenoxy) is 1. The first-order chi connectivity index (χ1) is 10.3. The maximum Gasteiger partial charge on any atom is 0.124 e. The molecule has 0 fully saturated rings. The van der Waals surface area contributed by atoms with E-state index in [1.54, 1.807) is 6.07 Å². The van der Waals surface area contributed by atoms with Crippen molar-refractivity contribution >= 4 is 10.8 Å². The highest BCUT2D eigenvalue weighted by molar-refractivity contribution is 5.87. The average molecular weight is 281 g/mol. The van der Waals surface area contributed by atoms with Crippen LogP contribution in [-0.2, 0) is 13.2 Å². The Morgan fingerprint density at radius 3 is 2.62 bits per heavy atom. The van der Waals surface area contributed by atoms with E-state index in [0.29, 0.717) is 13.2 Å². The van der Waals surface area contributed by atoms with Crippen LogP contribution >= 0.6 is 0 Å². The molecule has 0 unspecified atom stereocenters. The van der Waals surface area contributed by atoms with Gasteiger partial charge in [-0.15, -0.1) is 0 Å². The van der Waals surface area contributed by atoms with Gasteiger partial charge >= 0.3 is 0 Å². The maximum atomic E-state index is 13.2. The Hall–Kier alpha value is -2.39. The Kier molecular flexibility index (Phi) is 3.84. The van der Waals surface area contributed by atoms with Crippen molar-refractivity contribution in [2.75, 3.05) is 0 Å². The van der Waals surface area contributed by atoms with Crippen LogP contribution in [0.3, 0.4) is 0 Å². The lowest BCUT2D eigenvalue weighted by atomic mass is 10.0. The van der Waals surface area contributed by atoms with E-state index in [4.69, 9.17) is 10.5 Å². The van der Waals surface area contributed by atoms with E-state index in [1.165, 1.54) is 12.1 Å². The molecular formula is C18H16FNO. The zero-order valence-corrected chi connectivity index (χ0v) is 11.6. The number of rotatable bonds is 4. The van der Waals surface area contributed by atoms with Crippen LogP contribution in [-0.4, -0.2) is 0 Å². The third-order valence-corrected chi connectivity index (χ3v) is 3.49. The summed E-state index contributed by atoms with van der Waals surface area (Å²) in [4.78, 5) is 0. The molecule has 0 radical (unpaired) electrons. The van der Waals surface area contributed by atoms with Gasteiger partial charge < -0.3 is 10.5 Å². The molecule has 0 saturated carbocycles. The quantitative estimate of drug-likeness (QED) is 0.784. The molecule has 3 heteroatoms. The summed E-state index contributed by atoms with van der Waals surface area (Å²) in [6, 6.07) is 18.4. The summed E-state index contributed by atoms with van der Waals surface area (Å²) in [7, 11) is 0. The second-order valence-corrected chi connectivity index (χ2v) is 4.89. The molecule has 0 saturated heterocycles. The summed E-state index contributed by atoms with van der Waals surface area (Å²) in [6.07, 6.45) is 0. The summed E-state index contributed by atoms with van der Waals surface area (Å²) in [6.45, 7) is 0.725. The van der Waals surface area contributed by atoms with Crippen LogP contribution in [0.25, 0.3) is 10.8 Å². The van der Waals surface area contributed by atoms with Gasteiger partial charge in [0.25, 0.3) is 0 Å². The molecule has 3 aromatic carbocycles. The summed E-state index contributed by atoms with van der Waals surface area (Å²) in [5.41, 5.74) is 7.64. The van der Waals surface area contributed by atoms with Gasteiger partial charge in [-0.25, -0.2) is 4.39 Å². The Labute approximate surface area is 123 Å². The predicted molar refractivity (Wildman–Crippen MR) is 82.6 cm³/mol. The van der Waals surface area contributed by atoms with E-state index in [9.17, 15) is 4.39 Å². The topological polar surface area (TPSA) is 35.2 Å². The number of benzene rings is 3. The van der Waals surface area contributed by atoms with Crippen molar-refractivity contribution in [3.05, 3.63) is 77.6 Å². The summed E-state index contributed by atoms with van der Waals surface area (Å²) < 4.78 is 19.0. The normalized spacial score (nSPS) is 10.8. The van der Waals surface area contributed by atoms with Gasteiger partial charge in [0.1, 0.15) is 18.2 Å². The number of fused-ring (bicyclic) bond motifs is 1. The van der Waals surface area contributed by atoms with E-state index in [1.807, 2.05) is 42.5 Å². The second-order valence-electron chi connectivity index (χ2n) is 4.89. The Morgan fingerprint density at radius 2 is 1.81 bits per heavy atom. The van der Waals surface area contributed by atoms with Crippen LogP contribution in [0.4, 0.5) is 4.39 Å². The first-order valence-electron chi connectivity index (χ1n) is 6.86. The smallest absolute Gasteiger partial charge is 0.124 e. The molecule has 106 valence electrons. The van der Waals surface area contributed by atoms with Crippen molar-refractivity contribution in [3.63, 3.8) is 0 Å². The number of halogens is 1. The first-order valence-corrected chi connectivity index (χ1v) is 6.86. The van der Waals surface area contributed by atoms with Gasteiger partial charge in [-0.1, -0.05) is 42.5 Å². The van der Waals surface area contributed by atoms with Crippen molar-refractivity contribution in [1.82, 2.24) is 0 Å². The largest absolute Gasteiger partial charge is 0.489 e. The highest BCUT2D eigenvalue weighted by Gasteiger charge is 2.07. The minimum absolute atomic E-state index is 0.256. The van der Waals surface area contributed by atoms with Crippen molar-refractivity contribution in [2.24, 2.45) is 5.73 Å². The van der Waals surface area contributed by atoms with Gasteiger partial charge in [-0.2, -0.15) is 0 Å². The van der Waals surface area contributed by atoms with Crippen molar-refractivity contribution in [3.8, 4) is 5.75 Å². The fourth-order valence-corrected chi connectivity index (χ4v) is 2.45. The van der Waals surface area contributed by atoms with Gasteiger partial charge in [0, 0.05) is 12.1 Å². The predicted octanol–water partition coefficient (Wildman–Crippen LogP) is 4.02. The zero-order chi connectivity index (χ0) is 14.7. The van der Waals surface area contributed by atoms with Crippen LogP contribution in [0.2, 0.25) is 0 Å². The molecule has 0 heterocycles. The van der Waals surface area contributed by atoms with Crippen LogP contribution in [0.5, 0.6) is 5.75 Å². The molecule has 2 N–H and O–H groups in total. The van der Waals surface area contributed by atoms with E-state index in [-0.39, 0.29) is 5.82 Å². The third kappa shape index (κ3) is 2.88. The average Bonchev–Trinajstić information content (AvgIpc) is 2.52. The Bertz CT molecular complexity index is 770. The number of nitrogens with two attached hydrogens (primary N) is 1. The molecule has 0 aliphatic carbocycles. The molecule has 0 aliphatic heterocycles. The van der Waals surface area contributed by atoms with Gasteiger partial charge in [0.2, 0.25) is 0 Å². The molecule has 3 aromatic rings. The maximum absolute atomic E-state index is 13.2. The molecule has 0 aliphatic rings. The summed E-state index contributed by atoms with van der Waals surface area (Å²) in [5, 5.41) is 2.23.